The number of hydrogen-bond donors (Lipinski definition) is 1. The van der Waals surface area contributed by atoms with Gasteiger partial charge in [0.1, 0.15) is 5.75 Å². The maximum absolute atomic E-state index is 14.0. The summed E-state index contributed by atoms with van der Waals surface area (Å²) in [6, 6.07) is 13.5. The van der Waals surface area contributed by atoms with E-state index in [4.69, 9.17) is 10.00 Å². The molecule has 0 radical (unpaired) electrons. The van der Waals surface area contributed by atoms with Crippen LogP contribution in [-0.4, -0.2) is 7.05 Å². The van der Waals surface area contributed by atoms with Gasteiger partial charge >= 0.3 is 0 Å². The summed E-state index contributed by atoms with van der Waals surface area (Å²) in [4.78, 5) is 0. The molecule has 1 atom stereocenters. The molecule has 0 saturated carbocycles. The zero-order valence-electron chi connectivity index (χ0n) is 11.4. The molecule has 2 aromatic rings. The van der Waals surface area contributed by atoms with E-state index in [9.17, 15) is 4.39 Å². The van der Waals surface area contributed by atoms with Crippen LogP contribution in [0, 0.1) is 17.1 Å². The fraction of sp³-hybridized carbons (Fsp3) is 0.188. The Morgan fingerprint density at radius 1 is 1.20 bits per heavy atom. The molecule has 2 rings (SSSR count). The quantitative estimate of drug-likeness (QED) is 0.919. The highest BCUT2D eigenvalue weighted by atomic mass is 19.1. The van der Waals surface area contributed by atoms with Crippen LogP contribution in [0.2, 0.25) is 0 Å². The largest absolute Gasteiger partial charge is 0.454 e. The van der Waals surface area contributed by atoms with Crippen molar-refractivity contribution in [1.29, 1.82) is 5.26 Å². The molecule has 1 unspecified atom stereocenters. The second kappa shape index (κ2) is 6.18. The third-order valence-electron chi connectivity index (χ3n) is 3.10. The summed E-state index contributed by atoms with van der Waals surface area (Å²) in [5.74, 6) is 0.257. The van der Waals surface area contributed by atoms with Gasteiger partial charge in [0.2, 0.25) is 0 Å². The third kappa shape index (κ3) is 3.14. The van der Waals surface area contributed by atoms with Gasteiger partial charge in [-0.2, -0.15) is 5.26 Å². The fourth-order valence-electron chi connectivity index (χ4n) is 1.76. The molecule has 0 amide bonds. The number of halogens is 1. The van der Waals surface area contributed by atoms with Crippen molar-refractivity contribution in [2.45, 2.75) is 13.0 Å². The minimum absolute atomic E-state index is 0.0773. The van der Waals surface area contributed by atoms with Crippen LogP contribution >= 0.6 is 0 Å². The molecule has 0 bridgehead atoms. The van der Waals surface area contributed by atoms with Crippen molar-refractivity contribution in [3.8, 4) is 17.6 Å². The molecule has 0 saturated heterocycles. The molecule has 3 nitrogen and oxygen atoms in total. The Bertz CT molecular complexity index is 632. The molecule has 0 heterocycles. The number of nitrogens with one attached hydrogen (secondary N) is 1. The lowest BCUT2D eigenvalue weighted by atomic mass is 10.1. The zero-order valence-corrected chi connectivity index (χ0v) is 11.4. The maximum atomic E-state index is 14.0. The number of nitrogens with zero attached hydrogens (tertiary/aromatic N) is 1. The van der Waals surface area contributed by atoms with Gasteiger partial charge in [-0.3, -0.25) is 0 Å². The fourth-order valence-corrected chi connectivity index (χ4v) is 1.76. The monoisotopic (exact) mass is 270 g/mol. The summed E-state index contributed by atoms with van der Waals surface area (Å²) < 4.78 is 19.4. The highest BCUT2D eigenvalue weighted by Gasteiger charge is 2.09. The van der Waals surface area contributed by atoms with E-state index in [1.807, 2.05) is 26.1 Å². The first-order chi connectivity index (χ1) is 9.63. The van der Waals surface area contributed by atoms with Gasteiger partial charge in [0.25, 0.3) is 0 Å². The second-order valence-electron chi connectivity index (χ2n) is 4.44. The Morgan fingerprint density at radius 3 is 2.45 bits per heavy atom. The van der Waals surface area contributed by atoms with Gasteiger partial charge in [-0.05, 0) is 55.9 Å². The van der Waals surface area contributed by atoms with E-state index in [2.05, 4.69) is 5.32 Å². The number of rotatable bonds is 4. The summed E-state index contributed by atoms with van der Waals surface area (Å²) in [6.45, 7) is 1.95. The first kappa shape index (κ1) is 14.0. The SMILES string of the molecule is CNC(C)c1ccc(Oc2ccc(C#N)cc2)c(F)c1. The predicted molar refractivity (Wildman–Crippen MR) is 75.1 cm³/mol. The number of nitriles is 1. The molecule has 102 valence electrons. The first-order valence-electron chi connectivity index (χ1n) is 6.28. The first-order valence-corrected chi connectivity index (χ1v) is 6.28. The highest BCUT2D eigenvalue weighted by Crippen LogP contribution is 2.27. The van der Waals surface area contributed by atoms with E-state index in [1.165, 1.54) is 6.07 Å². The maximum Gasteiger partial charge on any atom is 0.166 e. The van der Waals surface area contributed by atoms with Gasteiger partial charge in [0.05, 0.1) is 11.6 Å². The Kier molecular flexibility index (Phi) is 4.34. The molecule has 2 aromatic carbocycles. The molecule has 0 fully saturated rings. The minimum atomic E-state index is -0.408. The topological polar surface area (TPSA) is 45.0 Å². The Morgan fingerprint density at radius 2 is 1.90 bits per heavy atom. The van der Waals surface area contributed by atoms with Crippen molar-refractivity contribution in [1.82, 2.24) is 5.32 Å². The summed E-state index contributed by atoms with van der Waals surface area (Å²) in [5.41, 5.74) is 1.40. The average Bonchev–Trinajstić information content (AvgIpc) is 2.49. The molecule has 0 aliphatic carbocycles. The van der Waals surface area contributed by atoms with Gasteiger partial charge in [0, 0.05) is 6.04 Å². The Balaban J connectivity index is 2.19. The molecule has 0 aromatic heterocycles. The predicted octanol–water partition coefficient (Wildman–Crippen LogP) is 3.77. The molecule has 20 heavy (non-hydrogen) atoms. The molecule has 0 aliphatic heterocycles. The molecule has 4 heteroatoms. The van der Waals surface area contributed by atoms with E-state index in [-0.39, 0.29) is 11.8 Å². The Labute approximate surface area is 117 Å². The third-order valence-corrected chi connectivity index (χ3v) is 3.10. The number of hydrogen-bond acceptors (Lipinski definition) is 3. The molecule has 0 aliphatic rings. The van der Waals surface area contributed by atoms with E-state index in [1.54, 1.807) is 30.3 Å². The van der Waals surface area contributed by atoms with Crippen molar-refractivity contribution in [2.75, 3.05) is 7.05 Å². The van der Waals surface area contributed by atoms with Crippen LogP contribution in [0.1, 0.15) is 24.1 Å². The van der Waals surface area contributed by atoms with Crippen molar-refractivity contribution in [3.63, 3.8) is 0 Å². The van der Waals surface area contributed by atoms with Gasteiger partial charge in [-0.25, -0.2) is 4.39 Å². The van der Waals surface area contributed by atoms with Gasteiger partial charge < -0.3 is 10.1 Å². The van der Waals surface area contributed by atoms with Crippen molar-refractivity contribution >= 4 is 0 Å². The number of benzene rings is 2. The van der Waals surface area contributed by atoms with Crippen LogP contribution in [0.25, 0.3) is 0 Å². The van der Waals surface area contributed by atoms with Gasteiger partial charge in [-0.15, -0.1) is 0 Å². The Hall–Kier alpha value is -2.38. The summed E-state index contributed by atoms with van der Waals surface area (Å²) >= 11 is 0. The summed E-state index contributed by atoms with van der Waals surface area (Å²) in [6.07, 6.45) is 0. The average molecular weight is 270 g/mol. The molecular formula is C16H15FN2O. The lowest BCUT2D eigenvalue weighted by Gasteiger charge is -2.12. The molecular weight excluding hydrogens is 255 g/mol. The smallest absolute Gasteiger partial charge is 0.166 e. The lowest BCUT2D eigenvalue weighted by Crippen LogP contribution is -2.12. The molecule has 1 N–H and O–H groups in total. The van der Waals surface area contributed by atoms with Crippen molar-refractivity contribution < 1.29 is 9.13 Å². The van der Waals surface area contributed by atoms with E-state index in [0.717, 1.165) is 5.56 Å². The van der Waals surface area contributed by atoms with Gasteiger partial charge in [0.15, 0.2) is 11.6 Å². The normalized spacial score (nSPS) is 11.7. The second-order valence-corrected chi connectivity index (χ2v) is 4.44. The van der Waals surface area contributed by atoms with E-state index < -0.39 is 5.82 Å². The zero-order chi connectivity index (χ0) is 14.5. The van der Waals surface area contributed by atoms with Crippen molar-refractivity contribution in [2.24, 2.45) is 0 Å². The van der Waals surface area contributed by atoms with E-state index in [0.29, 0.717) is 11.3 Å². The van der Waals surface area contributed by atoms with Crippen LogP contribution in [0.3, 0.4) is 0 Å². The van der Waals surface area contributed by atoms with Crippen LogP contribution in [0.15, 0.2) is 42.5 Å². The lowest BCUT2D eigenvalue weighted by molar-refractivity contribution is 0.440. The molecule has 0 spiro atoms. The summed E-state index contributed by atoms with van der Waals surface area (Å²) in [5, 5.41) is 11.8. The van der Waals surface area contributed by atoms with Crippen LogP contribution in [0.5, 0.6) is 11.5 Å². The van der Waals surface area contributed by atoms with E-state index >= 15 is 0 Å². The number of ether oxygens (including phenoxy) is 1. The summed E-state index contributed by atoms with van der Waals surface area (Å²) in [7, 11) is 1.82. The van der Waals surface area contributed by atoms with Crippen molar-refractivity contribution in [3.05, 3.63) is 59.4 Å². The highest BCUT2D eigenvalue weighted by molar-refractivity contribution is 5.38. The standard InChI is InChI=1S/C16H15FN2O/c1-11(19-2)13-5-8-16(15(17)9-13)20-14-6-3-12(10-18)4-7-14/h3-9,11,19H,1-2H3. The minimum Gasteiger partial charge on any atom is -0.454 e. The van der Waals surface area contributed by atoms with Gasteiger partial charge in [-0.1, -0.05) is 6.07 Å². The van der Waals surface area contributed by atoms with Crippen LogP contribution in [0.4, 0.5) is 4.39 Å². The van der Waals surface area contributed by atoms with Crippen LogP contribution < -0.4 is 10.1 Å². The van der Waals surface area contributed by atoms with Crippen LogP contribution in [-0.2, 0) is 0 Å².